The largest absolute Gasteiger partial charge is 0.310 e. The molecule has 0 spiro atoms. The second kappa shape index (κ2) is 37.7. The molecular formula is C141H99N3. The number of hydrogen-bond acceptors (Lipinski definition) is 3. The molecule has 3 nitrogen and oxygen atoms in total. The average Bonchev–Trinajstić information content (AvgIpc) is 1.53. The van der Waals surface area contributed by atoms with Crippen LogP contribution >= 0.6 is 0 Å². The first-order valence-electron chi connectivity index (χ1n) is 49.9. The quantitative estimate of drug-likeness (QED) is 0.0848. The van der Waals surface area contributed by atoms with Crippen LogP contribution < -0.4 is 14.7 Å². The van der Waals surface area contributed by atoms with E-state index in [4.69, 9.17) is 0 Å². The van der Waals surface area contributed by atoms with Crippen LogP contribution in [0.3, 0.4) is 0 Å². The molecule has 3 heteroatoms. The van der Waals surface area contributed by atoms with Crippen molar-refractivity contribution >= 4 is 83.5 Å². The Labute approximate surface area is 842 Å². The highest BCUT2D eigenvalue weighted by Crippen LogP contribution is 2.66. The van der Waals surface area contributed by atoms with E-state index in [0.717, 1.165) is 45.5 Å². The fraction of sp³-hybridized carbons (Fsp3) is 0.0213. The third kappa shape index (κ3) is 14.8. The third-order valence-corrected chi connectivity index (χ3v) is 29.8. The molecule has 0 saturated carbocycles. The van der Waals surface area contributed by atoms with Gasteiger partial charge in [0.15, 0.2) is 0 Å². The van der Waals surface area contributed by atoms with Crippen LogP contribution in [0.1, 0.15) is 66.8 Å². The van der Waals surface area contributed by atoms with Crippen LogP contribution in [-0.2, 0) is 16.2 Å². The number of anilines is 9. The van der Waals surface area contributed by atoms with Gasteiger partial charge in [-0.3, -0.25) is 0 Å². The van der Waals surface area contributed by atoms with Gasteiger partial charge in [0.25, 0.3) is 0 Å². The van der Waals surface area contributed by atoms with Crippen molar-refractivity contribution in [3.63, 3.8) is 0 Å². The molecular weight excluding hydrogens is 1740 g/mol. The fourth-order valence-electron chi connectivity index (χ4n) is 23.7. The van der Waals surface area contributed by atoms with Crippen LogP contribution in [0.5, 0.6) is 0 Å². The van der Waals surface area contributed by atoms with Gasteiger partial charge >= 0.3 is 0 Å². The summed E-state index contributed by atoms with van der Waals surface area (Å²) >= 11 is 0. The lowest BCUT2D eigenvalue weighted by molar-refractivity contribution is 0.769. The Hall–Kier alpha value is -18.5. The summed E-state index contributed by atoms with van der Waals surface area (Å²) in [5.74, 6) is 0. The Morgan fingerprint density at radius 1 is 0.111 bits per heavy atom. The molecule has 3 aliphatic carbocycles. The summed E-state index contributed by atoms with van der Waals surface area (Å²) < 4.78 is 0. The molecule has 0 unspecified atom stereocenters. The van der Waals surface area contributed by atoms with Crippen LogP contribution in [0.15, 0.2) is 601 Å². The van der Waals surface area contributed by atoms with E-state index in [-0.39, 0.29) is 0 Å². The smallest absolute Gasteiger partial charge is 0.0714 e. The van der Waals surface area contributed by atoms with Gasteiger partial charge < -0.3 is 14.7 Å². The Kier molecular flexibility index (Phi) is 22.7. The van der Waals surface area contributed by atoms with Crippen LogP contribution in [0, 0.1) is 0 Å². The van der Waals surface area contributed by atoms with Gasteiger partial charge in [-0.15, -0.1) is 0 Å². The van der Waals surface area contributed by atoms with Crippen LogP contribution in [0.25, 0.3) is 99.1 Å². The van der Waals surface area contributed by atoms with Crippen molar-refractivity contribution in [1.82, 2.24) is 0 Å². The van der Waals surface area contributed by atoms with Crippen LogP contribution in [0.2, 0.25) is 0 Å². The van der Waals surface area contributed by atoms with Gasteiger partial charge in [-0.1, -0.05) is 510 Å². The molecule has 0 radical (unpaired) electrons. The van der Waals surface area contributed by atoms with Crippen LogP contribution in [0.4, 0.5) is 51.2 Å². The molecule has 24 aromatic carbocycles. The number of benzene rings is 24. The zero-order valence-electron chi connectivity index (χ0n) is 79.5. The van der Waals surface area contributed by atoms with Crippen LogP contribution in [-0.4, -0.2) is 0 Å². The van der Waals surface area contributed by atoms with Crippen molar-refractivity contribution in [2.24, 2.45) is 0 Å². The summed E-state index contributed by atoms with van der Waals surface area (Å²) in [7, 11) is 0. The average molecular weight is 1840 g/mol. The van der Waals surface area contributed by atoms with Crippen molar-refractivity contribution in [3.8, 4) is 66.8 Å². The van der Waals surface area contributed by atoms with E-state index in [9.17, 15) is 0 Å². The van der Waals surface area contributed by atoms with Gasteiger partial charge in [0.2, 0.25) is 0 Å². The van der Waals surface area contributed by atoms with E-state index < -0.39 is 16.2 Å². The first-order chi connectivity index (χ1) is 71.5. The molecule has 0 saturated heterocycles. The Bertz CT molecular complexity index is 8480. The maximum atomic E-state index is 2.46. The highest BCUT2D eigenvalue weighted by Gasteiger charge is 2.52. The number of rotatable bonds is 18. The van der Waals surface area contributed by atoms with Gasteiger partial charge in [0, 0.05) is 50.8 Å². The number of para-hydroxylation sites is 3. The van der Waals surface area contributed by atoms with E-state index in [2.05, 4.69) is 615 Å². The van der Waals surface area contributed by atoms with E-state index in [1.54, 1.807) is 0 Å². The summed E-state index contributed by atoms with van der Waals surface area (Å²) in [5.41, 5.74) is 39.1. The summed E-state index contributed by atoms with van der Waals surface area (Å²) in [6.45, 7) is 0. The second-order valence-electron chi connectivity index (χ2n) is 37.4. The van der Waals surface area contributed by atoms with Crippen molar-refractivity contribution in [2.75, 3.05) is 14.7 Å². The van der Waals surface area contributed by atoms with E-state index in [1.165, 1.54) is 172 Å². The highest BCUT2D eigenvalue weighted by atomic mass is 15.2. The lowest BCUT2D eigenvalue weighted by Crippen LogP contribution is -2.28. The molecule has 0 aliphatic heterocycles. The molecule has 0 bridgehead atoms. The molecule has 678 valence electrons. The predicted octanol–water partition coefficient (Wildman–Crippen LogP) is 37.0. The van der Waals surface area contributed by atoms with Crippen molar-refractivity contribution in [3.05, 3.63) is 667 Å². The number of nitrogens with zero attached hydrogens (tertiary/aromatic N) is 3. The van der Waals surface area contributed by atoms with Gasteiger partial charge in [-0.05, 0) is 240 Å². The van der Waals surface area contributed by atoms with E-state index in [1.807, 2.05) is 0 Å². The lowest BCUT2D eigenvalue weighted by Gasteiger charge is -2.34. The summed E-state index contributed by atoms with van der Waals surface area (Å²) in [5, 5.41) is 7.53. The molecule has 0 fully saturated rings. The highest BCUT2D eigenvalue weighted by molar-refractivity contribution is 6.13. The van der Waals surface area contributed by atoms with Gasteiger partial charge in [-0.2, -0.15) is 0 Å². The molecule has 0 N–H and O–H groups in total. The molecule has 27 rings (SSSR count). The van der Waals surface area contributed by atoms with Crippen molar-refractivity contribution in [2.45, 2.75) is 16.2 Å². The van der Waals surface area contributed by atoms with Gasteiger partial charge in [-0.25, -0.2) is 0 Å². The monoisotopic (exact) mass is 1830 g/mol. The maximum absolute atomic E-state index is 2.46. The Morgan fingerprint density at radius 3 is 0.507 bits per heavy atom. The molecule has 144 heavy (non-hydrogen) atoms. The molecule has 0 amide bonds. The first-order valence-corrected chi connectivity index (χ1v) is 49.9. The van der Waals surface area contributed by atoms with E-state index in [0.29, 0.717) is 0 Å². The van der Waals surface area contributed by atoms with E-state index >= 15 is 0 Å². The number of hydrogen-bond donors (Lipinski definition) is 0. The predicted molar refractivity (Wildman–Crippen MR) is 604 cm³/mol. The molecule has 0 aromatic heterocycles. The van der Waals surface area contributed by atoms with Gasteiger partial charge in [0.1, 0.15) is 0 Å². The summed E-state index contributed by atoms with van der Waals surface area (Å²) in [6, 6.07) is 219. The summed E-state index contributed by atoms with van der Waals surface area (Å²) in [6.07, 6.45) is 0. The zero-order chi connectivity index (χ0) is 95.8. The topological polar surface area (TPSA) is 9.72 Å². The Morgan fingerprint density at radius 2 is 0.285 bits per heavy atom. The molecule has 0 heterocycles. The van der Waals surface area contributed by atoms with Crippen molar-refractivity contribution in [1.29, 1.82) is 0 Å². The standard InChI is InChI=1S/C53H37N.C47H33N.C41H29N/c1-5-16-38(17-6-1)40-28-33-45(34-29-40)54(46-35-30-41(31-36-46)39-18-7-2-8-19-39)50-27-15-26-48-52(50)51-47-25-14-13-20-42(47)32-37-49(51)53(48,43-21-9-3-10-22-43)44-23-11-4-12-24-44;1-5-16-34(17-6-1)35-28-31-40(32-29-35)48(39-23-11-4-12-24-39)44-27-15-26-42-46(44)45-41-25-14-13-18-36(41)30-33-43(45)47(42,37-19-7-2-8-20-37)38-21-9-3-10-22-38;1-5-17-31(18-6-1)41(32-19-7-2-8-20-32)36-26-15-27-38(40(36)39-35-25-14-13-16-30(35)28-29-37(39)41)42(33-21-9-3-10-22-33)34-23-11-4-12-24-34/h1-37H;1-33H;1-29H. The SMILES string of the molecule is c1ccc(-c2ccc(N(c3ccc(-c4ccccc4)cc3)c3cccc4c3-c3c(ccc5ccccc35)C4(c3ccccc3)c3ccccc3)cc2)cc1.c1ccc(-c2ccc(N(c3ccccc3)c3cccc4c3-c3c(ccc5ccccc35)C4(c3ccccc3)c3ccccc3)cc2)cc1.c1ccc(N(c2ccccc2)c2cccc3c2-c2c(ccc4ccccc24)C3(c2ccccc2)c2ccccc2)cc1. The molecule has 3 aliphatic rings. The minimum absolute atomic E-state index is 0.466. The number of fused-ring (bicyclic) bond motifs is 15. The summed E-state index contributed by atoms with van der Waals surface area (Å²) in [4.78, 5) is 7.31. The lowest BCUT2D eigenvalue weighted by atomic mass is 9.67. The fourth-order valence-corrected chi connectivity index (χ4v) is 23.7. The van der Waals surface area contributed by atoms with Crippen molar-refractivity contribution < 1.29 is 0 Å². The normalized spacial score (nSPS) is 12.8. The zero-order valence-corrected chi connectivity index (χ0v) is 79.5. The maximum Gasteiger partial charge on any atom is 0.0714 e. The minimum Gasteiger partial charge on any atom is -0.310 e. The molecule has 24 aromatic rings. The second-order valence-corrected chi connectivity index (χ2v) is 37.4. The van der Waals surface area contributed by atoms with Gasteiger partial charge in [0.05, 0.1) is 33.3 Å². The Balaban J connectivity index is 0.000000114. The third-order valence-electron chi connectivity index (χ3n) is 29.8. The molecule has 0 atom stereocenters. The first kappa shape index (κ1) is 87.0. The minimum atomic E-state index is -0.521.